The van der Waals surface area contributed by atoms with Gasteiger partial charge in [0.1, 0.15) is 0 Å². The molecule has 6 nitrogen and oxygen atoms in total. The summed E-state index contributed by atoms with van der Waals surface area (Å²) in [5, 5.41) is 0. The van der Waals surface area contributed by atoms with Gasteiger partial charge in [-0.2, -0.15) is 0 Å². The predicted octanol–water partition coefficient (Wildman–Crippen LogP) is 0.249. The van der Waals surface area contributed by atoms with Crippen molar-refractivity contribution in [2.45, 2.75) is 19.4 Å². The third-order valence-corrected chi connectivity index (χ3v) is 3.78. The molecule has 0 unspecified atom stereocenters. The average Bonchev–Trinajstić information content (AvgIpc) is 2.37. The lowest BCUT2D eigenvalue weighted by molar-refractivity contribution is 0.397. The van der Waals surface area contributed by atoms with Gasteiger partial charge in [0.25, 0.3) is 0 Å². The van der Waals surface area contributed by atoms with Gasteiger partial charge in [-0.3, -0.25) is 0 Å². The van der Waals surface area contributed by atoms with Gasteiger partial charge in [-0.05, 0) is 31.0 Å². The molecule has 0 spiro atoms. The van der Waals surface area contributed by atoms with Crippen molar-refractivity contribution in [1.82, 2.24) is 9.71 Å². The van der Waals surface area contributed by atoms with Crippen molar-refractivity contribution >= 4 is 10.0 Å². The van der Waals surface area contributed by atoms with Gasteiger partial charge in [0, 0.05) is 18.8 Å². The first-order valence-corrected chi connectivity index (χ1v) is 7.39. The van der Waals surface area contributed by atoms with Crippen LogP contribution in [0.25, 0.3) is 0 Å². The minimum atomic E-state index is -3.24. The summed E-state index contributed by atoms with van der Waals surface area (Å²) in [4.78, 5) is 3.95. The van der Waals surface area contributed by atoms with Crippen LogP contribution in [0.1, 0.15) is 18.4 Å². The molecule has 0 aromatic carbocycles. The molecule has 0 fully saturated rings. The molecule has 0 bridgehead atoms. The van der Waals surface area contributed by atoms with Crippen LogP contribution in [0, 0.1) is 0 Å². The maximum absolute atomic E-state index is 11.6. The molecule has 18 heavy (non-hydrogen) atoms. The number of pyridine rings is 1. The fourth-order valence-electron chi connectivity index (χ4n) is 1.37. The van der Waals surface area contributed by atoms with Gasteiger partial charge in [0.05, 0.1) is 12.9 Å². The van der Waals surface area contributed by atoms with E-state index in [-0.39, 0.29) is 12.3 Å². The van der Waals surface area contributed by atoms with Crippen molar-refractivity contribution in [2.24, 2.45) is 5.73 Å². The number of unbranched alkanes of at least 4 members (excludes halogenated alkanes) is 1. The van der Waals surface area contributed by atoms with E-state index in [1.165, 1.54) is 7.11 Å². The fourth-order valence-corrected chi connectivity index (χ4v) is 2.49. The highest BCUT2D eigenvalue weighted by Gasteiger charge is 2.09. The molecule has 0 amide bonds. The Morgan fingerprint density at radius 1 is 1.44 bits per heavy atom. The number of nitrogens with one attached hydrogen (secondary N) is 1. The molecule has 0 aliphatic heterocycles. The molecule has 3 N–H and O–H groups in total. The lowest BCUT2D eigenvalue weighted by Crippen LogP contribution is -2.26. The zero-order valence-corrected chi connectivity index (χ0v) is 11.2. The largest absolute Gasteiger partial charge is 0.481 e. The van der Waals surface area contributed by atoms with Crippen molar-refractivity contribution in [3.05, 3.63) is 23.9 Å². The predicted molar refractivity (Wildman–Crippen MR) is 69.7 cm³/mol. The first kappa shape index (κ1) is 14.9. The number of methoxy groups -OCH3 is 1. The van der Waals surface area contributed by atoms with Crippen molar-refractivity contribution in [2.75, 3.05) is 19.4 Å². The van der Waals surface area contributed by atoms with Gasteiger partial charge in [0.15, 0.2) is 0 Å². The van der Waals surface area contributed by atoms with Crippen LogP contribution < -0.4 is 15.2 Å². The van der Waals surface area contributed by atoms with Crippen LogP contribution in [-0.4, -0.2) is 32.8 Å². The Hall–Kier alpha value is -1.18. The zero-order chi connectivity index (χ0) is 13.4. The fraction of sp³-hybridized carbons (Fsp3) is 0.545. The van der Waals surface area contributed by atoms with E-state index in [2.05, 4.69) is 9.71 Å². The summed E-state index contributed by atoms with van der Waals surface area (Å²) < 4.78 is 30.8. The van der Waals surface area contributed by atoms with E-state index in [0.29, 0.717) is 25.3 Å². The van der Waals surface area contributed by atoms with E-state index < -0.39 is 10.0 Å². The third-order valence-electron chi connectivity index (χ3n) is 2.37. The second-order valence-corrected chi connectivity index (χ2v) is 5.77. The van der Waals surface area contributed by atoms with Crippen LogP contribution in [0.2, 0.25) is 0 Å². The maximum Gasteiger partial charge on any atom is 0.213 e. The Bertz CT molecular complexity index is 462. The first-order chi connectivity index (χ1) is 8.57. The van der Waals surface area contributed by atoms with Gasteiger partial charge in [-0.1, -0.05) is 0 Å². The SMILES string of the molecule is COc1cc(CNS(=O)(=O)CCCCN)ccn1. The number of hydrogen-bond acceptors (Lipinski definition) is 5. The second kappa shape index (κ2) is 7.30. The molecule has 0 saturated carbocycles. The molecule has 0 atom stereocenters. The third kappa shape index (κ3) is 5.44. The van der Waals surface area contributed by atoms with Crippen LogP contribution in [0.5, 0.6) is 5.88 Å². The lowest BCUT2D eigenvalue weighted by Gasteiger charge is -2.07. The molecular weight excluding hydrogens is 254 g/mol. The van der Waals surface area contributed by atoms with E-state index in [1.54, 1.807) is 18.3 Å². The summed E-state index contributed by atoms with van der Waals surface area (Å²) in [7, 11) is -1.72. The normalized spacial score (nSPS) is 11.4. The van der Waals surface area contributed by atoms with E-state index in [4.69, 9.17) is 10.5 Å². The van der Waals surface area contributed by atoms with Gasteiger partial charge < -0.3 is 10.5 Å². The molecule has 1 aromatic heterocycles. The highest BCUT2D eigenvalue weighted by Crippen LogP contribution is 2.08. The monoisotopic (exact) mass is 273 g/mol. The smallest absolute Gasteiger partial charge is 0.213 e. The number of rotatable bonds is 8. The van der Waals surface area contributed by atoms with Crippen molar-refractivity contribution in [3.8, 4) is 5.88 Å². The number of aromatic nitrogens is 1. The van der Waals surface area contributed by atoms with Crippen LogP contribution in [-0.2, 0) is 16.6 Å². The molecule has 0 radical (unpaired) electrons. The van der Waals surface area contributed by atoms with Crippen molar-refractivity contribution < 1.29 is 13.2 Å². The molecule has 1 aromatic rings. The van der Waals surface area contributed by atoms with Crippen LogP contribution in [0.4, 0.5) is 0 Å². The Kier molecular flexibility index (Phi) is 6.03. The average molecular weight is 273 g/mol. The van der Waals surface area contributed by atoms with Gasteiger partial charge in [0.2, 0.25) is 15.9 Å². The van der Waals surface area contributed by atoms with Crippen LogP contribution in [0.3, 0.4) is 0 Å². The summed E-state index contributed by atoms with van der Waals surface area (Å²) in [5.41, 5.74) is 6.13. The minimum absolute atomic E-state index is 0.104. The maximum atomic E-state index is 11.6. The minimum Gasteiger partial charge on any atom is -0.481 e. The van der Waals surface area contributed by atoms with E-state index in [9.17, 15) is 8.42 Å². The van der Waals surface area contributed by atoms with Gasteiger partial charge in [-0.15, -0.1) is 0 Å². The number of ether oxygens (including phenoxy) is 1. The molecule has 1 heterocycles. The number of nitrogens with zero attached hydrogens (tertiary/aromatic N) is 1. The molecule has 0 aliphatic carbocycles. The molecule has 102 valence electrons. The Morgan fingerprint density at radius 3 is 2.89 bits per heavy atom. The summed E-state index contributed by atoms with van der Waals surface area (Å²) >= 11 is 0. The van der Waals surface area contributed by atoms with E-state index in [1.807, 2.05) is 0 Å². The van der Waals surface area contributed by atoms with Gasteiger partial charge in [-0.25, -0.2) is 18.1 Å². The lowest BCUT2D eigenvalue weighted by atomic mass is 10.3. The Labute approximate surface area is 108 Å². The standard InChI is InChI=1S/C11H19N3O3S/c1-17-11-8-10(4-6-13-11)9-14-18(15,16)7-3-2-5-12/h4,6,8,14H,2-3,5,7,9,12H2,1H3. The van der Waals surface area contributed by atoms with Crippen LogP contribution in [0.15, 0.2) is 18.3 Å². The molecule has 0 aliphatic rings. The number of nitrogens with two attached hydrogens (primary N) is 1. The first-order valence-electron chi connectivity index (χ1n) is 5.74. The number of sulfonamides is 1. The quantitative estimate of drug-likeness (QED) is 0.662. The highest BCUT2D eigenvalue weighted by molar-refractivity contribution is 7.89. The summed E-state index contributed by atoms with van der Waals surface area (Å²) in [6.45, 7) is 0.751. The van der Waals surface area contributed by atoms with Crippen molar-refractivity contribution in [1.29, 1.82) is 0 Å². The Balaban J connectivity index is 2.48. The summed E-state index contributed by atoms with van der Waals surface area (Å²) in [6, 6.07) is 3.44. The van der Waals surface area contributed by atoms with E-state index in [0.717, 1.165) is 5.56 Å². The second-order valence-electron chi connectivity index (χ2n) is 3.84. The van der Waals surface area contributed by atoms with E-state index >= 15 is 0 Å². The summed E-state index contributed by atoms with van der Waals surface area (Å²) in [5.74, 6) is 0.571. The Morgan fingerprint density at radius 2 is 2.22 bits per heavy atom. The van der Waals surface area contributed by atoms with Crippen molar-refractivity contribution in [3.63, 3.8) is 0 Å². The van der Waals surface area contributed by atoms with Gasteiger partial charge >= 0.3 is 0 Å². The summed E-state index contributed by atoms with van der Waals surface area (Å²) in [6.07, 6.45) is 2.87. The molecular formula is C11H19N3O3S. The topological polar surface area (TPSA) is 94.3 Å². The molecule has 0 saturated heterocycles. The molecule has 7 heteroatoms. The number of hydrogen-bond donors (Lipinski definition) is 2. The molecule has 1 rings (SSSR count). The van der Waals surface area contributed by atoms with Crippen LogP contribution >= 0.6 is 0 Å². The zero-order valence-electron chi connectivity index (χ0n) is 10.4. The highest BCUT2D eigenvalue weighted by atomic mass is 32.2.